The minimum atomic E-state index is -2.55. The molecule has 0 saturated carbocycles. The Bertz CT molecular complexity index is 291. The molecule has 2 atom stereocenters. The maximum Gasteiger partial charge on any atom is 0.407 e. The van der Waals surface area contributed by atoms with Crippen LogP contribution in [0.5, 0.6) is 0 Å². The fourth-order valence-corrected chi connectivity index (χ4v) is 3.32. The minimum absolute atomic E-state index is 0.132. The third kappa shape index (κ3) is 5.12. The quantitative estimate of drug-likeness (QED) is 0.573. The number of rotatable bonds is 1. The molecule has 1 heterocycles. The zero-order valence-electron chi connectivity index (χ0n) is 10.5. The van der Waals surface area contributed by atoms with E-state index in [9.17, 15) is 13.9 Å². The molecule has 7 heteroatoms. The molecule has 1 fully saturated rings. The van der Waals surface area contributed by atoms with Crippen molar-refractivity contribution in [3.63, 3.8) is 0 Å². The second kappa shape index (κ2) is 5.01. The first-order chi connectivity index (χ1) is 7.59. The lowest BCUT2D eigenvalue weighted by atomic mass is 10.1. The van der Waals surface area contributed by atoms with E-state index in [0.717, 1.165) is 0 Å². The molecule has 1 saturated heterocycles. The third-order valence-corrected chi connectivity index (χ3v) is 4.24. The summed E-state index contributed by atoms with van der Waals surface area (Å²) in [4.78, 5) is 11.5. The van der Waals surface area contributed by atoms with Gasteiger partial charge < -0.3 is 15.8 Å². The Morgan fingerprint density at radius 3 is 2.53 bits per heavy atom. The molecule has 0 unspecified atom stereocenters. The molecule has 102 valence electrons. The van der Waals surface area contributed by atoms with Crippen LogP contribution in [0.2, 0.25) is 0 Å². The molecule has 1 aliphatic heterocycles. The molecule has 0 aromatic rings. The van der Waals surface area contributed by atoms with Gasteiger partial charge in [-0.25, -0.2) is 4.79 Å². The Labute approximate surface area is 103 Å². The Morgan fingerprint density at radius 1 is 1.47 bits per heavy atom. The predicted octanol–water partition coefficient (Wildman–Crippen LogP) is 1.36. The summed E-state index contributed by atoms with van der Waals surface area (Å²) in [6, 6.07) is -0.703. The van der Waals surface area contributed by atoms with Gasteiger partial charge in [0.2, 0.25) is 0 Å². The minimum Gasteiger partial charge on any atom is -0.444 e. The first-order valence-corrected chi connectivity index (χ1v) is 7.46. The van der Waals surface area contributed by atoms with Crippen LogP contribution in [0.4, 0.5) is 4.79 Å². The Kier molecular flexibility index (Phi) is 4.29. The predicted molar refractivity (Wildman–Crippen MR) is 68.3 cm³/mol. The van der Waals surface area contributed by atoms with Gasteiger partial charge in [-0.15, -0.1) is 0 Å². The molecule has 0 aliphatic carbocycles. The summed E-state index contributed by atoms with van der Waals surface area (Å²) in [5.41, 5.74) is 5.25. The van der Waals surface area contributed by atoms with Crippen molar-refractivity contribution < 1.29 is 18.6 Å². The average Bonchev–Trinajstić information content (AvgIpc) is 2.06. The van der Waals surface area contributed by atoms with Gasteiger partial charge in [-0.1, -0.05) is 0 Å². The number of ether oxygens (including phenoxy) is 1. The summed E-state index contributed by atoms with van der Waals surface area (Å²) < 4.78 is 24.1. The lowest BCUT2D eigenvalue weighted by Crippen LogP contribution is -2.54. The van der Waals surface area contributed by atoms with E-state index in [1.165, 1.54) is 0 Å². The topological polar surface area (TPSA) is 105 Å². The Morgan fingerprint density at radius 2 is 2.06 bits per heavy atom. The van der Waals surface area contributed by atoms with E-state index in [0.29, 0.717) is 6.42 Å². The van der Waals surface area contributed by atoms with E-state index < -0.39 is 28.3 Å². The lowest BCUT2D eigenvalue weighted by Gasteiger charge is -2.42. The first-order valence-electron chi connectivity index (χ1n) is 5.58. The lowest BCUT2D eigenvalue weighted by molar-refractivity contribution is 0.0495. The van der Waals surface area contributed by atoms with E-state index in [-0.39, 0.29) is 17.5 Å². The average molecular weight is 266 g/mol. The van der Waals surface area contributed by atoms with E-state index in [1.54, 1.807) is 20.8 Å². The van der Waals surface area contributed by atoms with Gasteiger partial charge in [-0.3, -0.25) is 9.11 Å². The number of alkyl carbamates (subject to hydrolysis) is 1. The third-order valence-electron chi connectivity index (χ3n) is 2.43. The van der Waals surface area contributed by atoms with Crippen LogP contribution < -0.4 is 11.1 Å². The van der Waals surface area contributed by atoms with Crippen molar-refractivity contribution in [2.75, 3.05) is 11.5 Å². The normalized spacial score (nSPS) is 30.5. The highest BCUT2D eigenvalue weighted by Gasteiger charge is 2.32. The number of hydrogen-bond donors (Lipinski definition) is 4. The van der Waals surface area contributed by atoms with Crippen LogP contribution in [0.15, 0.2) is 0 Å². The molecule has 0 bridgehead atoms. The van der Waals surface area contributed by atoms with Crippen molar-refractivity contribution in [3.8, 4) is 0 Å². The number of amides is 1. The van der Waals surface area contributed by atoms with Crippen molar-refractivity contribution in [2.45, 2.75) is 44.9 Å². The maximum atomic E-state index is 11.5. The molecular weight excluding hydrogens is 244 g/mol. The summed E-state index contributed by atoms with van der Waals surface area (Å²) in [5, 5.41) is 2.67. The summed E-state index contributed by atoms with van der Waals surface area (Å²) in [7, 11) is -2.55. The highest BCUT2D eigenvalue weighted by Crippen LogP contribution is 2.43. The smallest absolute Gasteiger partial charge is 0.407 e. The molecule has 1 rings (SSSR count). The molecule has 1 aliphatic rings. The van der Waals surface area contributed by atoms with E-state index in [2.05, 4.69) is 5.32 Å². The monoisotopic (exact) mass is 266 g/mol. The molecule has 6 nitrogen and oxygen atoms in total. The van der Waals surface area contributed by atoms with Gasteiger partial charge in [0.05, 0.1) is 11.8 Å². The van der Waals surface area contributed by atoms with Crippen molar-refractivity contribution >= 4 is 16.7 Å². The van der Waals surface area contributed by atoms with Crippen LogP contribution in [0.1, 0.15) is 27.2 Å². The van der Waals surface area contributed by atoms with Gasteiger partial charge in [-0.2, -0.15) is 10.6 Å². The highest BCUT2D eigenvalue weighted by atomic mass is 32.3. The number of nitrogens with one attached hydrogen (secondary N) is 1. The standard InChI is InChI=1S/C10H22N2O4S/c1-10(2,3)16-9(13)12-8-4-5-17(14,15)6-7(8)11/h7-8,14-15H,4-6,11H2,1-3H3,(H,12,13)/t7-,8+/m1/s1. The molecule has 0 aromatic heterocycles. The van der Waals surface area contributed by atoms with Gasteiger partial charge in [0.15, 0.2) is 0 Å². The van der Waals surface area contributed by atoms with Crippen LogP contribution in [0.25, 0.3) is 0 Å². The van der Waals surface area contributed by atoms with E-state index in [4.69, 9.17) is 10.5 Å². The molecule has 1 amide bonds. The van der Waals surface area contributed by atoms with Crippen molar-refractivity contribution in [1.82, 2.24) is 5.32 Å². The molecule has 0 aromatic carbocycles. The fraction of sp³-hybridized carbons (Fsp3) is 0.900. The van der Waals surface area contributed by atoms with Crippen LogP contribution >= 0.6 is 10.6 Å². The van der Waals surface area contributed by atoms with E-state index in [1.807, 2.05) is 0 Å². The van der Waals surface area contributed by atoms with Crippen LogP contribution in [-0.2, 0) is 4.74 Å². The number of carbonyl (C=O) groups excluding carboxylic acids is 1. The number of nitrogens with two attached hydrogens (primary N) is 1. The molecule has 5 N–H and O–H groups in total. The summed E-state index contributed by atoms with van der Waals surface area (Å²) in [5.74, 6) is 0.411. The van der Waals surface area contributed by atoms with Crippen molar-refractivity contribution in [1.29, 1.82) is 0 Å². The zero-order chi connectivity index (χ0) is 13.3. The number of carbonyl (C=O) groups is 1. The van der Waals surface area contributed by atoms with Crippen LogP contribution in [0.3, 0.4) is 0 Å². The van der Waals surface area contributed by atoms with Crippen molar-refractivity contribution in [3.05, 3.63) is 0 Å². The second-order valence-corrected chi connectivity index (χ2v) is 7.72. The molecule has 0 radical (unpaired) electrons. The number of hydrogen-bond acceptors (Lipinski definition) is 5. The van der Waals surface area contributed by atoms with Gasteiger partial charge >= 0.3 is 6.09 Å². The summed E-state index contributed by atoms with van der Waals surface area (Å²) in [6.07, 6.45) is -0.0562. The van der Waals surface area contributed by atoms with Gasteiger partial charge in [0.25, 0.3) is 0 Å². The second-order valence-electron chi connectivity index (χ2n) is 5.38. The van der Waals surface area contributed by atoms with Gasteiger partial charge in [-0.05, 0) is 27.2 Å². The largest absolute Gasteiger partial charge is 0.444 e. The molecule has 0 spiro atoms. The van der Waals surface area contributed by atoms with Gasteiger partial charge in [0.1, 0.15) is 5.60 Å². The molecular formula is C10H22N2O4S. The highest BCUT2D eigenvalue weighted by molar-refractivity contribution is 8.24. The van der Waals surface area contributed by atoms with Crippen LogP contribution in [0, 0.1) is 0 Å². The zero-order valence-corrected chi connectivity index (χ0v) is 11.3. The summed E-state index contributed by atoms with van der Waals surface area (Å²) in [6.45, 7) is 5.35. The Hall–Kier alpha value is -0.500. The summed E-state index contributed by atoms with van der Waals surface area (Å²) >= 11 is 0. The van der Waals surface area contributed by atoms with Crippen molar-refractivity contribution in [2.24, 2.45) is 5.73 Å². The first kappa shape index (κ1) is 14.6. The SMILES string of the molecule is CC(C)(C)OC(=O)N[C@H]1CCS(O)(O)C[C@H]1N. The van der Waals surface area contributed by atoms with E-state index >= 15 is 0 Å². The maximum absolute atomic E-state index is 11.5. The van der Waals surface area contributed by atoms with Gasteiger partial charge in [0, 0.05) is 11.8 Å². The van der Waals surface area contributed by atoms with Crippen LogP contribution in [-0.4, -0.2) is 44.4 Å². The molecule has 17 heavy (non-hydrogen) atoms. The Balaban J connectivity index is 2.45. The fourth-order valence-electron chi connectivity index (χ4n) is 1.68.